The number of H-pyrrole nitrogens is 1. The summed E-state index contributed by atoms with van der Waals surface area (Å²) in [4.78, 5) is 22.9. The number of anilines is 2. The normalized spacial score (nSPS) is 14.6. The maximum atomic E-state index is 13.0. The second-order valence-electron chi connectivity index (χ2n) is 6.65. The molecule has 4 N–H and O–H groups in total. The van der Waals surface area contributed by atoms with Crippen molar-refractivity contribution in [2.75, 3.05) is 11.1 Å². The Kier molecular flexibility index (Phi) is 4.34. The van der Waals surface area contributed by atoms with E-state index in [1.165, 1.54) is 6.07 Å². The molecule has 1 aliphatic carbocycles. The summed E-state index contributed by atoms with van der Waals surface area (Å²) < 4.78 is 13.0. The van der Waals surface area contributed by atoms with Crippen LogP contribution in [0.3, 0.4) is 0 Å². The van der Waals surface area contributed by atoms with Crippen LogP contribution >= 0.6 is 0 Å². The molecule has 0 radical (unpaired) electrons. The molecular formula is C17H17FN8O2. The number of aromatic nitrogens is 5. The highest BCUT2D eigenvalue weighted by Crippen LogP contribution is 2.41. The third kappa shape index (κ3) is 3.46. The molecule has 0 unspecified atom stereocenters. The van der Waals surface area contributed by atoms with Gasteiger partial charge in [0.05, 0.1) is 34.6 Å². The van der Waals surface area contributed by atoms with Crippen LogP contribution in [0.5, 0.6) is 0 Å². The molecule has 3 aromatic heterocycles. The summed E-state index contributed by atoms with van der Waals surface area (Å²) in [6.07, 6.45) is 4.27. The molecule has 0 saturated heterocycles. The second kappa shape index (κ2) is 6.83. The van der Waals surface area contributed by atoms with E-state index < -0.39 is 16.8 Å². The number of aromatic amines is 1. The number of rotatable bonds is 6. The topological polar surface area (TPSA) is 149 Å². The molecule has 1 atom stereocenters. The van der Waals surface area contributed by atoms with Gasteiger partial charge in [-0.25, -0.2) is 19.3 Å². The van der Waals surface area contributed by atoms with E-state index >= 15 is 0 Å². The predicted octanol–water partition coefficient (Wildman–Crippen LogP) is 2.94. The van der Waals surface area contributed by atoms with E-state index in [2.05, 4.69) is 30.5 Å². The minimum absolute atomic E-state index is 0.229. The van der Waals surface area contributed by atoms with Crippen LogP contribution in [0, 0.1) is 15.9 Å². The maximum absolute atomic E-state index is 13.0. The van der Waals surface area contributed by atoms with Gasteiger partial charge in [-0.05, 0) is 31.9 Å². The zero-order valence-corrected chi connectivity index (χ0v) is 14.9. The number of nitro groups is 1. The summed E-state index contributed by atoms with van der Waals surface area (Å²) in [7, 11) is 0. The van der Waals surface area contributed by atoms with Crippen LogP contribution in [0.25, 0.3) is 11.3 Å². The van der Waals surface area contributed by atoms with Gasteiger partial charge < -0.3 is 11.1 Å². The lowest BCUT2D eigenvalue weighted by molar-refractivity contribution is -0.383. The minimum Gasteiger partial charge on any atom is -0.378 e. The summed E-state index contributed by atoms with van der Waals surface area (Å²) in [6, 6.07) is 2.89. The Bertz CT molecular complexity index is 1030. The molecule has 1 fully saturated rings. The molecule has 11 heteroatoms. The average molecular weight is 384 g/mol. The number of halogens is 1. The SMILES string of the molecule is C[C@H](Nc1cc(-c2cc(C3CC3)[nH]n2)c([N+](=O)[O-])c(N)n1)c1ncc(F)cn1. The van der Waals surface area contributed by atoms with E-state index in [1.54, 1.807) is 13.0 Å². The zero-order valence-electron chi connectivity index (χ0n) is 14.9. The first-order valence-electron chi connectivity index (χ1n) is 8.67. The quantitative estimate of drug-likeness (QED) is 0.434. The molecule has 0 bridgehead atoms. The van der Waals surface area contributed by atoms with Crippen LogP contribution in [-0.4, -0.2) is 30.1 Å². The zero-order chi connectivity index (χ0) is 19.8. The average Bonchev–Trinajstić information content (AvgIpc) is 3.38. The summed E-state index contributed by atoms with van der Waals surface area (Å²) in [5.74, 6) is 0.300. The molecule has 1 saturated carbocycles. The van der Waals surface area contributed by atoms with Crippen LogP contribution in [-0.2, 0) is 0 Å². The fourth-order valence-corrected chi connectivity index (χ4v) is 2.93. The van der Waals surface area contributed by atoms with Crippen molar-refractivity contribution in [3.63, 3.8) is 0 Å². The van der Waals surface area contributed by atoms with E-state index in [0.717, 1.165) is 30.9 Å². The number of nitrogen functional groups attached to an aromatic ring is 1. The van der Waals surface area contributed by atoms with Crippen molar-refractivity contribution < 1.29 is 9.31 Å². The van der Waals surface area contributed by atoms with Crippen molar-refractivity contribution >= 4 is 17.3 Å². The van der Waals surface area contributed by atoms with Crippen LogP contribution < -0.4 is 11.1 Å². The van der Waals surface area contributed by atoms with E-state index in [9.17, 15) is 14.5 Å². The van der Waals surface area contributed by atoms with E-state index in [1.807, 2.05) is 0 Å². The van der Waals surface area contributed by atoms with E-state index in [4.69, 9.17) is 5.73 Å². The number of pyridine rings is 1. The molecule has 144 valence electrons. The Morgan fingerprint density at radius 1 is 1.36 bits per heavy atom. The van der Waals surface area contributed by atoms with Gasteiger partial charge in [0.15, 0.2) is 5.82 Å². The van der Waals surface area contributed by atoms with Crippen molar-refractivity contribution in [2.45, 2.75) is 31.7 Å². The molecule has 3 heterocycles. The molecule has 4 rings (SSSR count). The smallest absolute Gasteiger partial charge is 0.320 e. The maximum Gasteiger partial charge on any atom is 0.320 e. The summed E-state index contributed by atoms with van der Waals surface area (Å²) in [6.45, 7) is 1.76. The number of hydrogen-bond donors (Lipinski definition) is 3. The number of hydrogen-bond acceptors (Lipinski definition) is 8. The van der Waals surface area contributed by atoms with E-state index in [-0.39, 0.29) is 17.1 Å². The van der Waals surface area contributed by atoms with Crippen molar-refractivity contribution in [2.24, 2.45) is 0 Å². The number of nitrogens with one attached hydrogen (secondary N) is 2. The lowest BCUT2D eigenvalue weighted by Crippen LogP contribution is -2.13. The molecule has 28 heavy (non-hydrogen) atoms. The Morgan fingerprint density at radius 3 is 2.71 bits per heavy atom. The van der Waals surface area contributed by atoms with Crippen LogP contribution in [0.4, 0.5) is 21.7 Å². The lowest BCUT2D eigenvalue weighted by Gasteiger charge is -2.14. The fourth-order valence-electron chi connectivity index (χ4n) is 2.93. The van der Waals surface area contributed by atoms with Crippen LogP contribution in [0.2, 0.25) is 0 Å². The minimum atomic E-state index is -0.570. The monoisotopic (exact) mass is 384 g/mol. The summed E-state index contributed by atoms with van der Waals surface area (Å²) >= 11 is 0. The summed E-state index contributed by atoms with van der Waals surface area (Å²) in [5.41, 5.74) is 7.19. The standard InChI is InChI=1S/C17H17FN8O2/c1-8(17-20-6-10(18)7-21-17)22-14-4-11(15(26(27)28)16(19)23-14)13-5-12(24-25-13)9-2-3-9/h4-9H,2-3H2,1H3,(H,24,25)(H3,19,22,23)/t8-/m0/s1. The third-order valence-electron chi connectivity index (χ3n) is 4.49. The molecule has 1 aliphatic rings. The Balaban J connectivity index is 1.69. The highest BCUT2D eigenvalue weighted by Gasteiger charge is 2.29. The van der Waals surface area contributed by atoms with Crippen molar-refractivity contribution in [3.05, 3.63) is 52.0 Å². The Morgan fingerprint density at radius 2 is 2.07 bits per heavy atom. The highest BCUT2D eigenvalue weighted by molar-refractivity contribution is 5.80. The second-order valence-corrected chi connectivity index (χ2v) is 6.65. The van der Waals surface area contributed by atoms with Gasteiger partial charge in [0.2, 0.25) is 5.82 Å². The first-order valence-corrected chi connectivity index (χ1v) is 8.67. The Labute approximate surface area is 158 Å². The lowest BCUT2D eigenvalue weighted by atomic mass is 10.1. The number of nitrogens with zero attached hydrogens (tertiary/aromatic N) is 5. The van der Waals surface area contributed by atoms with Gasteiger partial charge >= 0.3 is 5.69 Å². The molecule has 10 nitrogen and oxygen atoms in total. The fraction of sp³-hybridized carbons (Fsp3) is 0.294. The van der Waals surface area contributed by atoms with Crippen LogP contribution in [0.1, 0.15) is 43.2 Å². The van der Waals surface area contributed by atoms with E-state index in [0.29, 0.717) is 23.3 Å². The predicted molar refractivity (Wildman–Crippen MR) is 98.9 cm³/mol. The van der Waals surface area contributed by atoms with Gasteiger partial charge in [0, 0.05) is 11.6 Å². The van der Waals surface area contributed by atoms with Gasteiger partial charge in [0.1, 0.15) is 11.6 Å². The first-order chi connectivity index (χ1) is 13.4. The molecule has 0 spiro atoms. The molecule has 0 amide bonds. The van der Waals surface area contributed by atoms with Gasteiger partial charge in [-0.1, -0.05) is 0 Å². The molecule has 3 aromatic rings. The molecular weight excluding hydrogens is 367 g/mol. The van der Waals surface area contributed by atoms with Gasteiger partial charge in [0.25, 0.3) is 0 Å². The first kappa shape index (κ1) is 17.8. The van der Waals surface area contributed by atoms with Crippen molar-refractivity contribution in [1.82, 2.24) is 25.1 Å². The van der Waals surface area contributed by atoms with Crippen LogP contribution in [0.15, 0.2) is 24.5 Å². The van der Waals surface area contributed by atoms with Gasteiger partial charge in [-0.15, -0.1) is 0 Å². The highest BCUT2D eigenvalue weighted by atomic mass is 19.1. The molecule has 0 aromatic carbocycles. The largest absolute Gasteiger partial charge is 0.378 e. The van der Waals surface area contributed by atoms with Crippen molar-refractivity contribution in [3.8, 4) is 11.3 Å². The summed E-state index contributed by atoms with van der Waals surface area (Å²) in [5, 5.41) is 21.7. The van der Waals surface area contributed by atoms with Crippen molar-refractivity contribution in [1.29, 1.82) is 0 Å². The third-order valence-corrected chi connectivity index (χ3v) is 4.49. The Hall–Kier alpha value is -3.63. The van der Waals surface area contributed by atoms with Gasteiger partial charge in [-0.3, -0.25) is 15.2 Å². The van der Waals surface area contributed by atoms with Gasteiger partial charge in [-0.2, -0.15) is 5.10 Å². The molecule has 0 aliphatic heterocycles. The number of nitrogens with two attached hydrogens (primary N) is 1.